The summed E-state index contributed by atoms with van der Waals surface area (Å²) in [6.07, 6.45) is 2.52. The monoisotopic (exact) mass is 278 g/mol. The molecule has 2 amide bonds. The van der Waals surface area contributed by atoms with Gasteiger partial charge in [0.25, 0.3) is 0 Å². The molecule has 1 saturated carbocycles. The predicted molar refractivity (Wildman–Crippen MR) is 77.0 cm³/mol. The van der Waals surface area contributed by atoms with E-state index >= 15 is 0 Å². The second-order valence-corrected chi connectivity index (χ2v) is 7.71. The number of hydrogen-bond acceptors (Lipinski definition) is 2. The maximum Gasteiger partial charge on any atom is 0.246 e. The molecule has 2 unspecified atom stereocenters. The van der Waals surface area contributed by atoms with Crippen molar-refractivity contribution in [2.24, 2.45) is 10.8 Å². The van der Waals surface area contributed by atoms with Crippen molar-refractivity contribution in [3.8, 4) is 0 Å². The van der Waals surface area contributed by atoms with Gasteiger partial charge in [-0.3, -0.25) is 9.59 Å². The molecule has 2 saturated heterocycles. The van der Waals surface area contributed by atoms with Crippen molar-refractivity contribution < 1.29 is 9.59 Å². The van der Waals surface area contributed by atoms with Crippen molar-refractivity contribution in [3.05, 3.63) is 0 Å². The lowest BCUT2D eigenvalue weighted by molar-refractivity contribution is -0.161. The number of carbonyl (C=O) groups excluding carboxylic acids is 2. The molecule has 20 heavy (non-hydrogen) atoms. The summed E-state index contributed by atoms with van der Waals surface area (Å²) in [4.78, 5) is 29.4. The van der Waals surface area contributed by atoms with Gasteiger partial charge in [-0.1, -0.05) is 34.6 Å². The van der Waals surface area contributed by atoms with E-state index in [0.29, 0.717) is 0 Å². The minimum Gasteiger partial charge on any atom is -0.329 e. The van der Waals surface area contributed by atoms with Crippen LogP contribution >= 0.6 is 0 Å². The van der Waals surface area contributed by atoms with Crippen molar-refractivity contribution in [2.45, 2.75) is 72.0 Å². The molecule has 112 valence electrons. The Balaban J connectivity index is 1.97. The minimum atomic E-state index is -0.247. The third-order valence-corrected chi connectivity index (χ3v) is 6.31. The maximum absolute atomic E-state index is 12.9. The van der Waals surface area contributed by atoms with Gasteiger partial charge in [0.15, 0.2) is 0 Å². The van der Waals surface area contributed by atoms with Crippen molar-refractivity contribution >= 4 is 11.8 Å². The highest BCUT2D eigenvalue weighted by molar-refractivity contribution is 5.98. The maximum atomic E-state index is 12.9. The second-order valence-electron chi connectivity index (χ2n) is 7.71. The Hall–Kier alpha value is -1.06. The first-order valence-electron chi connectivity index (χ1n) is 7.87. The summed E-state index contributed by atoms with van der Waals surface area (Å²) in [5.41, 5.74) is 0.189. The van der Waals surface area contributed by atoms with Crippen molar-refractivity contribution in [1.29, 1.82) is 0 Å². The SMILES string of the molecule is CCC1C(=O)N2CCCC2C(=O)N1C1C(C)(C)C1(C)C. The Morgan fingerprint density at radius 3 is 2.20 bits per heavy atom. The third-order valence-electron chi connectivity index (χ3n) is 6.31. The Kier molecular flexibility index (Phi) is 2.77. The van der Waals surface area contributed by atoms with Crippen LogP contribution in [0, 0.1) is 10.8 Å². The molecule has 2 heterocycles. The fourth-order valence-electron chi connectivity index (χ4n) is 4.46. The van der Waals surface area contributed by atoms with E-state index < -0.39 is 0 Å². The fourth-order valence-corrected chi connectivity index (χ4v) is 4.46. The quantitative estimate of drug-likeness (QED) is 0.775. The van der Waals surface area contributed by atoms with Gasteiger partial charge in [0.2, 0.25) is 11.8 Å². The first-order valence-corrected chi connectivity index (χ1v) is 7.87. The lowest BCUT2D eigenvalue weighted by Crippen LogP contribution is -2.64. The number of nitrogens with zero attached hydrogens (tertiary/aromatic N) is 2. The number of carbonyl (C=O) groups is 2. The van der Waals surface area contributed by atoms with E-state index in [-0.39, 0.29) is 40.8 Å². The molecule has 0 aromatic heterocycles. The van der Waals surface area contributed by atoms with Crippen LogP contribution in [-0.2, 0) is 9.59 Å². The van der Waals surface area contributed by atoms with Gasteiger partial charge >= 0.3 is 0 Å². The molecule has 1 aliphatic carbocycles. The van der Waals surface area contributed by atoms with Crippen LogP contribution in [0.5, 0.6) is 0 Å². The summed E-state index contributed by atoms with van der Waals surface area (Å²) < 4.78 is 0. The van der Waals surface area contributed by atoms with Gasteiger partial charge in [0.1, 0.15) is 12.1 Å². The molecule has 4 nitrogen and oxygen atoms in total. The summed E-state index contributed by atoms with van der Waals surface area (Å²) in [7, 11) is 0. The first-order chi connectivity index (χ1) is 9.25. The molecule has 0 spiro atoms. The van der Waals surface area contributed by atoms with Gasteiger partial charge in [0, 0.05) is 12.6 Å². The van der Waals surface area contributed by atoms with Gasteiger partial charge in [-0.2, -0.15) is 0 Å². The first kappa shape index (κ1) is 13.9. The topological polar surface area (TPSA) is 40.6 Å². The van der Waals surface area contributed by atoms with Crippen LogP contribution in [0.15, 0.2) is 0 Å². The van der Waals surface area contributed by atoms with Crippen LogP contribution in [0.1, 0.15) is 53.9 Å². The summed E-state index contributed by atoms with van der Waals surface area (Å²) in [5, 5.41) is 0. The molecule has 0 radical (unpaired) electrons. The molecule has 4 heteroatoms. The summed E-state index contributed by atoms with van der Waals surface area (Å²) >= 11 is 0. The molecular weight excluding hydrogens is 252 g/mol. The second kappa shape index (κ2) is 3.99. The standard InChI is InChI=1S/C16H26N2O2/c1-6-10-12(19)17-9-7-8-11(17)13(20)18(10)14-15(2,3)16(14,4)5/h10-11,14H,6-9H2,1-5H3. The number of fused-ring (bicyclic) bond motifs is 1. The van der Waals surface area contributed by atoms with E-state index in [4.69, 9.17) is 0 Å². The largest absolute Gasteiger partial charge is 0.329 e. The highest BCUT2D eigenvalue weighted by Crippen LogP contribution is 2.66. The molecule has 0 aromatic carbocycles. The van der Waals surface area contributed by atoms with E-state index in [2.05, 4.69) is 27.7 Å². The van der Waals surface area contributed by atoms with Crippen LogP contribution in [0.2, 0.25) is 0 Å². The lowest BCUT2D eigenvalue weighted by Gasteiger charge is -2.43. The number of rotatable bonds is 2. The number of piperazine rings is 1. The van der Waals surface area contributed by atoms with Crippen LogP contribution in [0.3, 0.4) is 0 Å². The molecule has 3 aliphatic rings. The molecule has 3 fully saturated rings. The highest BCUT2D eigenvalue weighted by atomic mass is 16.2. The molecular formula is C16H26N2O2. The molecule has 0 N–H and O–H groups in total. The number of amides is 2. The zero-order chi connectivity index (χ0) is 14.9. The zero-order valence-electron chi connectivity index (χ0n) is 13.3. The van der Waals surface area contributed by atoms with E-state index in [1.807, 2.05) is 16.7 Å². The van der Waals surface area contributed by atoms with Gasteiger partial charge in [-0.15, -0.1) is 0 Å². The Bertz CT molecular complexity index is 455. The van der Waals surface area contributed by atoms with Crippen molar-refractivity contribution in [3.63, 3.8) is 0 Å². The minimum absolute atomic E-state index is 0.0944. The van der Waals surface area contributed by atoms with E-state index in [9.17, 15) is 9.59 Å². The highest BCUT2D eigenvalue weighted by Gasteiger charge is 2.70. The zero-order valence-corrected chi connectivity index (χ0v) is 13.3. The smallest absolute Gasteiger partial charge is 0.246 e. The average Bonchev–Trinajstić information content (AvgIpc) is 2.77. The van der Waals surface area contributed by atoms with E-state index in [1.54, 1.807) is 0 Å². The van der Waals surface area contributed by atoms with Crippen molar-refractivity contribution in [2.75, 3.05) is 6.54 Å². The normalized spacial score (nSPS) is 35.5. The lowest BCUT2D eigenvalue weighted by atomic mass is 10.0. The number of hydrogen-bond donors (Lipinski definition) is 0. The van der Waals surface area contributed by atoms with E-state index in [0.717, 1.165) is 25.8 Å². The summed E-state index contributed by atoms with van der Waals surface area (Å²) in [6.45, 7) is 11.6. The van der Waals surface area contributed by atoms with Gasteiger partial charge in [-0.05, 0) is 30.1 Å². The third kappa shape index (κ3) is 1.48. The summed E-state index contributed by atoms with van der Waals surface area (Å²) in [5.74, 6) is 0.366. The average molecular weight is 278 g/mol. The van der Waals surface area contributed by atoms with Crippen LogP contribution in [-0.4, -0.2) is 46.3 Å². The Morgan fingerprint density at radius 2 is 1.70 bits per heavy atom. The predicted octanol–water partition coefficient (Wildman–Crippen LogP) is 2.03. The molecule has 2 aliphatic heterocycles. The summed E-state index contributed by atoms with van der Waals surface area (Å²) in [6, 6.07) is -0.237. The van der Waals surface area contributed by atoms with Crippen LogP contribution in [0.4, 0.5) is 0 Å². The van der Waals surface area contributed by atoms with Gasteiger partial charge in [0.05, 0.1) is 0 Å². The van der Waals surface area contributed by atoms with E-state index in [1.165, 1.54) is 0 Å². The van der Waals surface area contributed by atoms with Crippen LogP contribution < -0.4 is 0 Å². The Morgan fingerprint density at radius 1 is 1.10 bits per heavy atom. The van der Waals surface area contributed by atoms with Gasteiger partial charge in [-0.25, -0.2) is 0 Å². The molecule has 0 aromatic rings. The van der Waals surface area contributed by atoms with Crippen LogP contribution in [0.25, 0.3) is 0 Å². The fraction of sp³-hybridized carbons (Fsp3) is 0.875. The molecule has 2 atom stereocenters. The molecule has 0 bridgehead atoms. The van der Waals surface area contributed by atoms with Gasteiger partial charge < -0.3 is 9.80 Å². The Labute approximate surface area is 121 Å². The van der Waals surface area contributed by atoms with Crippen molar-refractivity contribution in [1.82, 2.24) is 9.80 Å². The molecule has 3 rings (SSSR count).